The molecule has 0 radical (unpaired) electrons. The average Bonchev–Trinajstić information content (AvgIpc) is 3.30. The van der Waals surface area contributed by atoms with Crippen LogP contribution in [-0.2, 0) is 10.0 Å². The molecule has 172 valence electrons. The van der Waals surface area contributed by atoms with Crippen LogP contribution < -0.4 is 4.90 Å². The molecule has 0 spiro atoms. The van der Waals surface area contributed by atoms with Gasteiger partial charge in [-0.1, -0.05) is 41.4 Å². The highest BCUT2D eigenvalue weighted by atomic mass is 35.5. The van der Waals surface area contributed by atoms with Crippen LogP contribution in [0.5, 0.6) is 0 Å². The number of sulfonamides is 1. The zero-order valence-corrected chi connectivity index (χ0v) is 20.0. The maximum Gasteiger partial charge on any atom is 0.254 e. The summed E-state index contributed by atoms with van der Waals surface area (Å²) in [6.45, 7) is 1.27. The Labute approximate surface area is 205 Å². The van der Waals surface area contributed by atoms with Gasteiger partial charge in [0.25, 0.3) is 5.78 Å². The lowest BCUT2D eigenvalue weighted by Gasteiger charge is -2.33. The average molecular weight is 514 g/mol. The van der Waals surface area contributed by atoms with E-state index in [9.17, 15) is 13.7 Å². The van der Waals surface area contributed by atoms with Crippen molar-refractivity contribution in [1.29, 1.82) is 5.26 Å². The Balaban J connectivity index is 1.39. The second kappa shape index (κ2) is 8.85. The number of halogens is 2. The van der Waals surface area contributed by atoms with Crippen molar-refractivity contribution in [1.82, 2.24) is 23.9 Å². The van der Waals surface area contributed by atoms with Crippen molar-refractivity contribution in [3.05, 3.63) is 70.3 Å². The van der Waals surface area contributed by atoms with Crippen LogP contribution in [0.1, 0.15) is 5.56 Å². The van der Waals surface area contributed by atoms with E-state index in [0.717, 1.165) is 11.3 Å². The molecule has 5 rings (SSSR count). The molecule has 2 aromatic carbocycles. The Kier molecular flexibility index (Phi) is 5.87. The van der Waals surface area contributed by atoms with Gasteiger partial charge in [0.15, 0.2) is 0 Å². The fraction of sp³-hybridized carbons (Fsp3) is 0.182. The van der Waals surface area contributed by atoms with Crippen molar-refractivity contribution in [2.75, 3.05) is 31.1 Å². The van der Waals surface area contributed by atoms with Gasteiger partial charge < -0.3 is 4.90 Å². The van der Waals surface area contributed by atoms with Crippen molar-refractivity contribution in [3.63, 3.8) is 0 Å². The minimum Gasteiger partial charge on any atom is -0.337 e. The number of aromatic nitrogens is 4. The molecule has 0 N–H and O–H groups in total. The van der Waals surface area contributed by atoms with Crippen LogP contribution in [0.15, 0.2) is 59.6 Å². The van der Waals surface area contributed by atoms with Crippen LogP contribution in [0.3, 0.4) is 0 Å². The maximum absolute atomic E-state index is 13.1. The second-order valence-corrected chi connectivity index (χ2v) is 10.3. The van der Waals surface area contributed by atoms with Gasteiger partial charge in [0.1, 0.15) is 6.07 Å². The van der Waals surface area contributed by atoms with E-state index in [2.05, 4.69) is 15.1 Å². The highest BCUT2D eigenvalue weighted by Gasteiger charge is 2.31. The molecule has 1 fully saturated rings. The van der Waals surface area contributed by atoms with Crippen molar-refractivity contribution in [2.24, 2.45) is 0 Å². The van der Waals surface area contributed by atoms with Gasteiger partial charge in [-0.05, 0) is 30.3 Å². The van der Waals surface area contributed by atoms with E-state index in [4.69, 9.17) is 23.2 Å². The number of anilines is 1. The predicted octanol–water partition coefficient (Wildman–Crippen LogP) is 3.48. The Morgan fingerprint density at radius 1 is 0.971 bits per heavy atom. The van der Waals surface area contributed by atoms with Gasteiger partial charge in [0.2, 0.25) is 16.0 Å². The number of benzene rings is 2. The Hall–Kier alpha value is -3.23. The molecule has 0 bridgehead atoms. The van der Waals surface area contributed by atoms with Crippen LogP contribution in [0, 0.1) is 11.3 Å². The van der Waals surface area contributed by atoms with Gasteiger partial charge in [-0.2, -0.15) is 19.1 Å². The number of nitrogens with zero attached hydrogens (tertiary/aromatic N) is 7. The Morgan fingerprint density at radius 3 is 2.47 bits per heavy atom. The van der Waals surface area contributed by atoms with Crippen LogP contribution in [0.4, 0.5) is 5.95 Å². The van der Waals surface area contributed by atoms with Gasteiger partial charge in [-0.15, -0.1) is 5.10 Å². The van der Waals surface area contributed by atoms with E-state index in [1.165, 1.54) is 16.4 Å². The largest absolute Gasteiger partial charge is 0.337 e. The normalized spacial score (nSPS) is 14.9. The second-order valence-electron chi connectivity index (χ2n) is 7.58. The summed E-state index contributed by atoms with van der Waals surface area (Å²) in [6.07, 6.45) is 1.64. The highest BCUT2D eigenvalue weighted by Crippen LogP contribution is 2.29. The molecule has 2 aromatic heterocycles. The molecular formula is C22H17Cl2N7O2S. The number of rotatable bonds is 4. The number of hydrogen-bond acceptors (Lipinski definition) is 7. The molecule has 9 nitrogen and oxygen atoms in total. The molecule has 1 saturated heterocycles. The first kappa shape index (κ1) is 22.6. The summed E-state index contributed by atoms with van der Waals surface area (Å²) in [7, 11) is -3.78. The third-order valence-corrected chi connectivity index (χ3v) is 8.29. The lowest BCUT2D eigenvalue weighted by molar-refractivity contribution is 0.382. The summed E-state index contributed by atoms with van der Waals surface area (Å²) in [5, 5.41) is 14.8. The minimum atomic E-state index is -3.78. The maximum atomic E-state index is 13.1. The molecule has 0 aliphatic carbocycles. The summed E-state index contributed by atoms with van der Waals surface area (Å²) < 4.78 is 29.2. The lowest BCUT2D eigenvalue weighted by atomic mass is 10.1. The first-order valence-electron chi connectivity index (χ1n) is 10.3. The summed E-state index contributed by atoms with van der Waals surface area (Å²) in [5.41, 5.74) is 1.69. The van der Waals surface area contributed by atoms with Gasteiger partial charge in [-0.25, -0.2) is 13.4 Å². The summed E-state index contributed by atoms with van der Waals surface area (Å²) in [6, 6.07) is 15.3. The van der Waals surface area contributed by atoms with Gasteiger partial charge in [0, 0.05) is 37.9 Å². The van der Waals surface area contributed by atoms with E-state index >= 15 is 0 Å². The van der Waals surface area contributed by atoms with Crippen molar-refractivity contribution >= 4 is 45.0 Å². The quantitative estimate of drug-likeness (QED) is 0.410. The standard InChI is InChI=1S/C22H17Cl2N7O2S/c23-17-6-5-15(13-18(17)24)19-7-8-26-21-27-22(28-31(19)21)29-9-11-30(12-10-29)34(32,33)20-4-2-1-3-16(20)14-25/h1-8,13H,9-12H2. The molecule has 0 amide bonds. The predicted molar refractivity (Wildman–Crippen MR) is 128 cm³/mol. The number of hydrogen-bond donors (Lipinski definition) is 0. The van der Waals surface area contributed by atoms with E-state index < -0.39 is 10.0 Å². The summed E-state index contributed by atoms with van der Waals surface area (Å²) in [5.74, 6) is 0.867. The fourth-order valence-corrected chi connectivity index (χ4v) is 5.71. The fourth-order valence-electron chi connectivity index (χ4n) is 3.84. The van der Waals surface area contributed by atoms with E-state index in [-0.39, 0.29) is 23.5 Å². The van der Waals surface area contributed by atoms with E-state index in [1.807, 2.05) is 23.1 Å². The van der Waals surface area contributed by atoms with Crippen LogP contribution in [0.25, 0.3) is 17.0 Å². The first-order chi connectivity index (χ1) is 16.4. The van der Waals surface area contributed by atoms with Crippen LogP contribution in [0.2, 0.25) is 10.0 Å². The van der Waals surface area contributed by atoms with Crippen molar-refractivity contribution < 1.29 is 8.42 Å². The lowest BCUT2D eigenvalue weighted by Crippen LogP contribution is -2.49. The molecule has 1 aliphatic rings. The Bertz CT molecular complexity index is 1540. The van der Waals surface area contributed by atoms with Gasteiger partial charge in [0.05, 0.1) is 26.2 Å². The van der Waals surface area contributed by atoms with Gasteiger partial charge in [-0.3, -0.25) is 0 Å². The Morgan fingerprint density at radius 2 is 1.74 bits per heavy atom. The molecule has 34 heavy (non-hydrogen) atoms. The highest BCUT2D eigenvalue weighted by molar-refractivity contribution is 7.89. The van der Waals surface area contributed by atoms with Crippen molar-refractivity contribution in [2.45, 2.75) is 4.90 Å². The minimum absolute atomic E-state index is 0.0206. The molecule has 4 aromatic rings. The summed E-state index contributed by atoms with van der Waals surface area (Å²) in [4.78, 5) is 10.8. The molecule has 1 aliphatic heterocycles. The van der Waals surface area contributed by atoms with Crippen LogP contribution in [-0.4, -0.2) is 58.5 Å². The molecule has 0 atom stereocenters. The monoisotopic (exact) mass is 513 g/mol. The first-order valence-corrected chi connectivity index (χ1v) is 12.5. The third kappa shape index (κ3) is 3.97. The third-order valence-electron chi connectivity index (χ3n) is 5.59. The number of fused-ring (bicyclic) bond motifs is 1. The van der Waals surface area contributed by atoms with Gasteiger partial charge >= 0.3 is 0 Å². The molecule has 0 saturated carbocycles. The molecule has 3 heterocycles. The topological polar surface area (TPSA) is 107 Å². The molecular weight excluding hydrogens is 497 g/mol. The number of piperazine rings is 1. The van der Waals surface area contributed by atoms with Crippen LogP contribution >= 0.6 is 23.2 Å². The zero-order valence-electron chi connectivity index (χ0n) is 17.6. The van der Waals surface area contributed by atoms with E-state index in [0.29, 0.717) is 34.9 Å². The SMILES string of the molecule is N#Cc1ccccc1S(=O)(=O)N1CCN(c2nc3nccc(-c4ccc(Cl)c(Cl)c4)n3n2)CC1. The van der Waals surface area contributed by atoms with E-state index in [1.54, 1.807) is 35.0 Å². The number of nitriles is 1. The molecule has 0 unspecified atom stereocenters. The smallest absolute Gasteiger partial charge is 0.254 e. The summed E-state index contributed by atoms with van der Waals surface area (Å²) >= 11 is 12.2. The van der Waals surface area contributed by atoms with Crippen molar-refractivity contribution in [3.8, 4) is 17.3 Å². The molecule has 12 heteroatoms. The zero-order chi connectivity index (χ0) is 23.9.